The number of halogens is 1. The van der Waals surface area contributed by atoms with Gasteiger partial charge in [0, 0.05) is 29.7 Å². The van der Waals surface area contributed by atoms with E-state index in [-0.39, 0.29) is 5.04 Å². The van der Waals surface area contributed by atoms with E-state index in [1.807, 2.05) is 31.6 Å². The quantitative estimate of drug-likeness (QED) is 0.474. The second kappa shape index (κ2) is 6.24. The normalized spacial score (nSPS) is 13.1. The molecule has 3 rings (SSSR count). The van der Waals surface area contributed by atoms with Gasteiger partial charge in [-0.3, -0.25) is 4.98 Å². The minimum atomic E-state index is -2.17. The smallest absolute Gasteiger partial charge is 0.188 e. The number of hydrogen-bond acceptors (Lipinski definition) is 3. The second-order valence-corrected chi connectivity index (χ2v) is 12.9. The zero-order valence-electron chi connectivity index (χ0n) is 14.7. The molecule has 0 aliphatic heterocycles. The summed E-state index contributed by atoms with van der Waals surface area (Å²) in [5, 5.41) is 2.28. The van der Waals surface area contributed by atoms with Gasteiger partial charge < -0.3 is 9.36 Å². The van der Waals surface area contributed by atoms with Crippen molar-refractivity contribution in [3.63, 3.8) is 0 Å². The molecule has 0 aliphatic rings. The average Bonchev–Trinajstić information content (AvgIpc) is 2.80. The number of aromatic nitrogens is 3. The van der Waals surface area contributed by atoms with Crippen molar-refractivity contribution in [1.29, 1.82) is 0 Å². The molecule has 3 aromatic rings. The summed E-state index contributed by atoms with van der Waals surface area (Å²) in [6.45, 7) is 9.31. The molecule has 128 valence electrons. The molecule has 0 unspecified atom stereocenters. The first-order valence-electron chi connectivity index (χ1n) is 8.31. The first kappa shape index (κ1) is 17.6. The topological polar surface area (TPSA) is 50.9 Å². The van der Waals surface area contributed by atoms with Crippen molar-refractivity contribution >= 4 is 46.2 Å². The number of fused-ring (bicyclic) bond motifs is 3. The molecule has 0 atom stereocenters. The Bertz CT molecular complexity index is 883. The molecular weight excluding hydrogens is 382 g/mol. The fourth-order valence-electron chi connectivity index (χ4n) is 3.00. The number of pyridine rings is 2. The van der Waals surface area contributed by atoms with Crippen LogP contribution in [0.1, 0.15) is 26.7 Å². The Labute approximate surface area is 152 Å². The summed E-state index contributed by atoms with van der Waals surface area (Å²) in [7, 11) is -2.17. The third-order valence-corrected chi connectivity index (χ3v) is 9.32. The van der Waals surface area contributed by atoms with E-state index in [1.54, 1.807) is 0 Å². The van der Waals surface area contributed by atoms with E-state index in [0.29, 0.717) is 0 Å². The van der Waals surface area contributed by atoms with Crippen LogP contribution in [0.5, 0.6) is 0 Å². The lowest BCUT2D eigenvalue weighted by atomic mass is 10.1. The Balaban J connectivity index is 1.95. The Morgan fingerprint density at radius 1 is 1.21 bits per heavy atom. The van der Waals surface area contributed by atoms with Crippen LogP contribution in [0.25, 0.3) is 21.9 Å². The van der Waals surface area contributed by atoms with E-state index in [2.05, 4.69) is 56.4 Å². The van der Waals surface area contributed by atoms with Gasteiger partial charge in [0.05, 0.1) is 5.52 Å². The van der Waals surface area contributed by atoms with Crippen molar-refractivity contribution in [3.05, 3.63) is 35.2 Å². The first-order valence-corrected chi connectivity index (χ1v) is 12.1. The van der Waals surface area contributed by atoms with Gasteiger partial charge in [0.1, 0.15) is 10.3 Å². The summed E-state index contributed by atoms with van der Waals surface area (Å²) >= 11 is 3.48. The van der Waals surface area contributed by atoms with E-state index in [1.165, 1.54) is 5.52 Å². The van der Waals surface area contributed by atoms with Crippen LogP contribution >= 0.6 is 15.9 Å². The monoisotopic (exact) mass is 405 g/mol. The lowest BCUT2D eigenvalue weighted by molar-refractivity contribution is 0.434. The Hall–Kier alpha value is -1.24. The molecule has 0 amide bonds. The second-order valence-electron chi connectivity index (χ2n) is 7.60. The number of rotatable bonds is 5. The molecule has 1 N–H and O–H groups in total. The standard InChI is InChI=1S/C18H24BrN3OSi/c1-18(2,24(3,4)23)9-5-11-22-15-8-10-20-12-14(15)13-6-7-16(19)21-17(13)22/h6-8,10,12,23H,5,9,11H2,1-4H3. The maximum atomic E-state index is 10.5. The minimum absolute atomic E-state index is 0.00132. The maximum Gasteiger partial charge on any atom is 0.188 e. The molecule has 3 heterocycles. The zero-order valence-corrected chi connectivity index (χ0v) is 17.3. The van der Waals surface area contributed by atoms with Crippen LogP contribution < -0.4 is 0 Å². The third kappa shape index (κ3) is 3.14. The first-order chi connectivity index (χ1) is 11.2. The fourth-order valence-corrected chi connectivity index (χ4v) is 4.09. The molecule has 0 radical (unpaired) electrons. The summed E-state index contributed by atoms with van der Waals surface area (Å²) in [4.78, 5) is 19.4. The van der Waals surface area contributed by atoms with Crippen LogP contribution in [0, 0.1) is 0 Å². The van der Waals surface area contributed by atoms with Crippen molar-refractivity contribution in [3.8, 4) is 0 Å². The van der Waals surface area contributed by atoms with E-state index in [9.17, 15) is 4.80 Å². The van der Waals surface area contributed by atoms with Crippen molar-refractivity contribution in [2.24, 2.45) is 0 Å². The highest BCUT2D eigenvalue weighted by molar-refractivity contribution is 9.10. The van der Waals surface area contributed by atoms with Crippen molar-refractivity contribution in [2.75, 3.05) is 0 Å². The zero-order chi connectivity index (χ0) is 17.5. The van der Waals surface area contributed by atoms with Gasteiger partial charge >= 0.3 is 0 Å². The Morgan fingerprint density at radius 3 is 2.67 bits per heavy atom. The van der Waals surface area contributed by atoms with Crippen LogP contribution in [0.15, 0.2) is 35.2 Å². The fraction of sp³-hybridized carbons (Fsp3) is 0.444. The van der Waals surface area contributed by atoms with Crippen LogP contribution in [-0.4, -0.2) is 27.6 Å². The SMILES string of the molecule is CC(C)(CCCn1c2ccncc2c2ccc(Br)nc21)[Si](C)(C)O. The highest BCUT2D eigenvalue weighted by atomic mass is 79.9. The van der Waals surface area contributed by atoms with Crippen LogP contribution in [0.2, 0.25) is 18.1 Å². The average molecular weight is 406 g/mol. The molecular formula is C18H24BrN3OSi. The molecule has 0 fully saturated rings. The maximum absolute atomic E-state index is 10.5. The lowest BCUT2D eigenvalue weighted by Gasteiger charge is -2.35. The summed E-state index contributed by atoms with van der Waals surface area (Å²) in [6, 6.07) is 6.13. The number of aryl methyl sites for hydroxylation is 1. The van der Waals surface area contributed by atoms with Gasteiger partial charge in [0.15, 0.2) is 8.32 Å². The van der Waals surface area contributed by atoms with E-state index in [0.717, 1.165) is 40.4 Å². The van der Waals surface area contributed by atoms with Gasteiger partial charge in [-0.15, -0.1) is 0 Å². The minimum Gasteiger partial charge on any atom is -0.432 e. The number of nitrogens with zero attached hydrogens (tertiary/aromatic N) is 3. The van der Waals surface area contributed by atoms with Crippen LogP contribution in [0.3, 0.4) is 0 Å². The molecule has 24 heavy (non-hydrogen) atoms. The molecule has 3 aromatic heterocycles. The van der Waals surface area contributed by atoms with Crippen LogP contribution in [0.4, 0.5) is 0 Å². The van der Waals surface area contributed by atoms with Gasteiger partial charge in [-0.05, 0) is 65.1 Å². The van der Waals surface area contributed by atoms with Crippen molar-refractivity contribution < 1.29 is 4.80 Å². The van der Waals surface area contributed by atoms with E-state index >= 15 is 0 Å². The van der Waals surface area contributed by atoms with Gasteiger partial charge in [-0.2, -0.15) is 0 Å². The highest BCUT2D eigenvalue weighted by Gasteiger charge is 2.37. The lowest BCUT2D eigenvalue weighted by Crippen LogP contribution is -2.39. The van der Waals surface area contributed by atoms with E-state index < -0.39 is 8.32 Å². The Kier molecular flexibility index (Phi) is 4.57. The number of hydrogen-bond donors (Lipinski definition) is 1. The molecule has 0 aliphatic carbocycles. The van der Waals surface area contributed by atoms with Gasteiger partial charge in [-0.25, -0.2) is 4.98 Å². The molecule has 0 saturated carbocycles. The molecule has 0 saturated heterocycles. The summed E-state index contributed by atoms with van der Waals surface area (Å²) in [6.07, 6.45) is 5.76. The van der Waals surface area contributed by atoms with Gasteiger partial charge in [0.2, 0.25) is 0 Å². The molecule has 0 bridgehead atoms. The molecule has 6 heteroatoms. The highest BCUT2D eigenvalue weighted by Crippen LogP contribution is 2.40. The third-order valence-electron chi connectivity index (χ3n) is 5.32. The largest absolute Gasteiger partial charge is 0.432 e. The summed E-state index contributed by atoms with van der Waals surface area (Å²) in [5.41, 5.74) is 2.16. The molecule has 0 aromatic carbocycles. The van der Waals surface area contributed by atoms with Crippen molar-refractivity contribution in [1.82, 2.24) is 14.5 Å². The predicted molar refractivity (Wildman–Crippen MR) is 106 cm³/mol. The summed E-state index contributed by atoms with van der Waals surface area (Å²) < 4.78 is 3.12. The molecule has 4 nitrogen and oxygen atoms in total. The predicted octanol–water partition coefficient (Wildman–Crippen LogP) is 5.10. The molecule has 0 spiro atoms. The van der Waals surface area contributed by atoms with Gasteiger partial charge in [0.25, 0.3) is 0 Å². The Morgan fingerprint density at radius 2 is 1.96 bits per heavy atom. The van der Waals surface area contributed by atoms with E-state index in [4.69, 9.17) is 0 Å². The van der Waals surface area contributed by atoms with Crippen molar-refractivity contribution in [2.45, 2.75) is 51.4 Å². The van der Waals surface area contributed by atoms with Crippen LogP contribution in [-0.2, 0) is 6.54 Å². The summed E-state index contributed by atoms with van der Waals surface area (Å²) in [5.74, 6) is 0. The van der Waals surface area contributed by atoms with Gasteiger partial charge in [-0.1, -0.05) is 13.8 Å².